The normalized spacial score (nSPS) is 11.5. The summed E-state index contributed by atoms with van der Waals surface area (Å²) in [6.07, 6.45) is 0. The highest BCUT2D eigenvalue weighted by Crippen LogP contribution is 2.29. The number of nitrogens with zero attached hydrogens (tertiary/aromatic N) is 2. The Kier molecular flexibility index (Phi) is 5.66. The Morgan fingerprint density at radius 1 is 1.17 bits per heavy atom. The molecule has 1 heterocycles. The molecule has 0 aliphatic rings. The molecule has 2 aromatic carbocycles. The van der Waals surface area contributed by atoms with E-state index < -0.39 is 21.7 Å². The second-order valence-corrected chi connectivity index (χ2v) is 8.31. The van der Waals surface area contributed by atoms with Crippen LogP contribution >= 0.6 is 0 Å². The average Bonchev–Trinajstić information content (AvgIpc) is 3.18. The fourth-order valence-electron chi connectivity index (χ4n) is 2.51. The van der Waals surface area contributed by atoms with E-state index in [9.17, 15) is 17.6 Å². The van der Waals surface area contributed by atoms with Crippen molar-refractivity contribution < 1.29 is 26.9 Å². The maximum Gasteiger partial charge on any atom is 0.294 e. The summed E-state index contributed by atoms with van der Waals surface area (Å²) >= 11 is 0. The minimum absolute atomic E-state index is 0.0965. The molecule has 0 aliphatic heterocycles. The van der Waals surface area contributed by atoms with Gasteiger partial charge in [0.1, 0.15) is 22.2 Å². The zero-order valence-corrected chi connectivity index (χ0v) is 16.7. The molecule has 0 unspecified atom stereocenters. The highest BCUT2D eigenvalue weighted by atomic mass is 32.2. The predicted octanol–water partition coefficient (Wildman–Crippen LogP) is 2.99. The maximum absolute atomic E-state index is 13.4. The molecule has 0 spiro atoms. The van der Waals surface area contributed by atoms with Crippen LogP contribution < -0.4 is 10.1 Å². The number of carbonyl (C=O) groups is 1. The molecule has 152 valence electrons. The van der Waals surface area contributed by atoms with Gasteiger partial charge in [-0.15, -0.1) is 0 Å². The van der Waals surface area contributed by atoms with E-state index in [0.717, 1.165) is 4.31 Å². The SMILES string of the molecule is COc1ccc(NC(=O)c2cc(-c3cccc(F)c3)no2)cc1S(=O)(=O)N(C)C. The summed E-state index contributed by atoms with van der Waals surface area (Å²) in [6.45, 7) is 0. The third-order valence-electron chi connectivity index (χ3n) is 4.03. The minimum Gasteiger partial charge on any atom is -0.495 e. The average molecular weight is 419 g/mol. The summed E-state index contributed by atoms with van der Waals surface area (Å²) in [7, 11) is 0.342. The molecule has 0 atom stereocenters. The Balaban J connectivity index is 1.86. The van der Waals surface area contributed by atoms with Gasteiger partial charge in [-0.2, -0.15) is 0 Å². The van der Waals surface area contributed by atoms with Gasteiger partial charge in [-0.25, -0.2) is 17.1 Å². The summed E-state index contributed by atoms with van der Waals surface area (Å²) in [4.78, 5) is 12.4. The molecule has 1 amide bonds. The van der Waals surface area contributed by atoms with Crippen LogP contribution in [0.5, 0.6) is 5.75 Å². The number of amides is 1. The molecule has 0 bridgehead atoms. The van der Waals surface area contributed by atoms with E-state index >= 15 is 0 Å². The first-order valence-electron chi connectivity index (χ1n) is 8.37. The van der Waals surface area contributed by atoms with E-state index in [4.69, 9.17) is 9.26 Å². The van der Waals surface area contributed by atoms with Crippen LogP contribution in [0.3, 0.4) is 0 Å². The molecule has 8 nitrogen and oxygen atoms in total. The number of nitrogens with one attached hydrogen (secondary N) is 1. The van der Waals surface area contributed by atoms with Crippen molar-refractivity contribution in [2.75, 3.05) is 26.5 Å². The lowest BCUT2D eigenvalue weighted by molar-refractivity contribution is 0.0988. The number of benzene rings is 2. The predicted molar refractivity (Wildman–Crippen MR) is 104 cm³/mol. The van der Waals surface area contributed by atoms with Crippen LogP contribution in [0.2, 0.25) is 0 Å². The largest absolute Gasteiger partial charge is 0.495 e. The fourth-order valence-corrected chi connectivity index (χ4v) is 3.59. The van der Waals surface area contributed by atoms with Crippen LogP contribution in [0, 0.1) is 5.82 Å². The quantitative estimate of drug-likeness (QED) is 0.659. The van der Waals surface area contributed by atoms with Crippen LogP contribution in [0.4, 0.5) is 10.1 Å². The molecule has 3 rings (SSSR count). The van der Waals surface area contributed by atoms with Crippen LogP contribution in [0.25, 0.3) is 11.3 Å². The van der Waals surface area contributed by atoms with Gasteiger partial charge in [-0.1, -0.05) is 17.3 Å². The number of methoxy groups -OCH3 is 1. The molecule has 0 radical (unpaired) electrons. The summed E-state index contributed by atoms with van der Waals surface area (Å²) in [6, 6.07) is 11.3. The molecule has 1 aromatic heterocycles. The van der Waals surface area contributed by atoms with Crippen LogP contribution in [-0.4, -0.2) is 45.0 Å². The monoisotopic (exact) mass is 419 g/mol. The van der Waals surface area contributed by atoms with E-state index in [0.29, 0.717) is 11.3 Å². The number of anilines is 1. The highest BCUT2D eigenvalue weighted by Gasteiger charge is 2.23. The number of halogens is 1. The summed E-state index contributed by atoms with van der Waals surface area (Å²) < 4.78 is 49.5. The summed E-state index contributed by atoms with van der Waals surface area (Å²) in [5.41, 5.74) is 0.969. The lowest BCUT2D eigenvalue weighted by atomic mass is 10.1. The van der Waals surface area contributed by atoms with E-state index in [1.165, 1.54) is 63.7 Å². The topological polar surface area (TPSA) is 102 Å². The number of rotatable bonds is 6. The number of hydrogen-bond donors (Lipinski definition) is 1. The second-order valence-electron chi connectivity index (χ2n) is 6.19. The van der Waals surface area contributed by atoms with E-state index in [1.54, 1.807) is 6.07 Å². The van der Waals surface area contributed by atoms with Crippen molar-refractivity contribution in [2.45, 2.75) is 4.90 Å². The minimum atomic E-state index is -3.79. The van der Waals surface area contributed by atoms with Crippen LogP contribution in [0.15, 0.2) is 57.9 Å². The molecule has 0 aliphatic carbocycles. The van der Waals surface area contributed by atoms with Crippen molar-refractivity contribution >= 4 is 21.6 Å². The molecule has 1 N–H and O–H groups in total. The highest BCUT2D eigenvalue weighted by molar-refractivity contribution is 7.89. The first-order chi connectivity index (χ1) is 13.7. The number of hydrogen-bond acceptors (Lipinski definition) is 6. The lowest BCUT2D eigenvalue weighted by Crippen LogP contribution is -2.23. The van der Waals surface area contributed by atoms with Gasteiger partial charge in [0.05, 0.1) is 7.11 Å². The van der Waals surface area contributed by atoms with Gasteiger partial charge < -0.3 is 14.6 Å². The third-order valence-corrected chi connectivity index (χ3v) is 5.87. The molecule has 29 heavy (non-hydrogen) atoms. The second kappa shape index (κ2) is 8.02. The molecule has 0 saturated heterocycles. The van der Waals surface area contributed by atoms with Crippen molar-refractivity contribution in [1.82, 2.24) is 9.46 Å². The zero-order chi connectivity index (χ0) is 21.2. The Morgan fingerprint density at radius 2 is 1.93 bits per heavy atom. The molecule has 10 heteroatoms. The van der Waals surface area contributed by atoms with E-state index in [1.807, 2.05) is 0 Å². The van der Waals surface area contributed by atoms with Gasteiger partial charge in [0.15, 0.2) is 0 Å². The van der Waals surface area contributed by atoms with Gasteiger partial charge in [-0.3, -0.25) is 4.79 Å². The van der Waals surface area contributed by atoms with Gasteiger partial charge >= 0.3 is 0 Å². The first-order valence-corrected chi connectivity index (χ1v) is 9.81. The van der Waals surface area contributed by atoms with E-state index in [-0.39, 0.29) is 22.1 Å². The van der Waals surface area contributed by atoms with Crippen molar-refractivity contribution in [3.05, 3.63) is 60.1 Å². The van der Waals surface area contributed by atoms with Crippen molar-refractivity contribution in [3.63, 3.8) is 0 Å². The Morgan fingerprint density at radius 3 is 2.59 bits per heavy atom. The molecule has 3 aromatic rings. The number of aromatic nitrogens is 1. The molecule has 0 saturated carbocycles. The molecular formula is C19H18FN3O5S. The summed E-state index contributed by atoms with van der Waals surface area (Å²) in [5, 5.41) is 6.32. The Hall–Kier alpha value is -3.24. The van der Waals surface area contributed by atoms with Gasteiger partial charge in [0.2, 0.25) is 15.8 Å². The van der Waals surface area contributed by atoms with Crippen molar-refractivity contribution in [2.24, 2.45) is 0 Å². The zero-order valence-electron chi connectivity index (χ0n) is 15.8. The molecule has 0 fully saturated rings. The fraction of sp³-hybridized carbons (Fsp3) is 0.158. The number of carbonyl (C=O) groups excluding carboxylic acids is 1. The van der Waals surface area contributed by atoms with Crippen molar-refractivity contribution in [3.8, 4) is 17.0 Å². The van der Waals surface area contributed by atoms with Gasteiger partial charge in [-0.05, 0) is 30.3 Å². The number of sulfonamides is 1. The van der Waals surface area contributed by atoms with Crippen LogP contribution in [-0.2, 0) is 10.0 Å². The Bertz CT molecular complexity index is 1160. The standard InChI is InChI=1S/C19H18FN3O5S/c1-23(2)29(25,26)18-10-14(7-8-16(18)27-3)21-19(24)17-11-15(22-28-17)12-5-4-6-13(20)9-12/h4-11H,1-3H3,(H,21,24). The Labute approximate surface area is 166 Å². The smallest absolute Gasteiger partial charge is 0.294 e. The third kappa shape index (κ3) is 4.28. The first kappa shape index (κ1) is 20.5. The lowest BCUT2D eigenvalue weighted by Gasteiger charge is -2.15. The number of ether oxygens (including phenoxy) is 1. The van der Waals surface area contributed by atoms with E-state index in [2.05, 4.69) is 10.5 Å². The van der Waals surface area contributed by atoms with Gasteiger partial charge in [0.25, 0.3) is 5.91 Å². The summed E-state index contributed by atoms with van der Waals surface area (Å²) in [5.74, 6) is -1.05. The van der Waals surface area contributed by atoms with Gasteiger partial charge in [0, 0.05) is 31.4 Å². The van der Waals surface area contributed by atoms with Crippen LogP contribution in [0.1, 0.15) is 10.6 Å². The molecular weight excluding hydrogens is 401 g/mol. The van der Waals surface area contributed by atoms with Crippen molar-refractivity contribution in [1.29, 1.82) is 0 Å². The maximum atomic E-state index is 13.4.